The highest BCUT2D eigenvalue weighted by Gasteiger charge is 2.30. The third-order valence-electron chi connectivity index (χ3n) is 4.46. The van der Waals surface area contributed by atoms with Gasteiger partial charge in [0.1, 0.15) is 35.1 Å². The van der Waals surface area contributed by atoms with Gasteiger partial charge in [-0.05, 0) is 31.8 Å². The van der Waals surface area contributed by atoms with E-state index < -0.39 is 6.04 Å². The predicted molar refractivity (Wildman–Crippen MR) is 110 cm³/mol. The maximum atomic E-state index is 9.42. The minimum atomic E-state index is -0.589. The lowest BCUT2D eigenvalue weighted by Gasteiger charge is -2.27. The number of aliphatic imine (C=N–C) groups is 1. The van der Waals surface area contributed by atoms with E-state index in [4.69, 9.17) is 21.5 Å². The number of methoxy groups -OCH3 is 1. The van der Waals surface area contributed by atoms with E-state index in [-0.39, 0.29) is 23.0 Å². The number of anilines is 3. The molecular formula is C19H21N9O. The molecule has 1 aliphatic heterocycles. The number of nitrogens with zero attached hydrogens (tertiary/aromatic N) is 5. The number of hydrogen-bond donors (Lipinski definition) is 4. The molecule has 0 fully saturated rings. The van der Waals surface area contributed by atoms with Gasteiger partial charge in [0.05, 0.1) is 12.8 Å². The van der Waals surface area contributed by atoms with Crippen molar-refractivity contribution in [1.29, 1.82) is 10.5 Å². The molecular weight excluding hydrogens is 370 g/mol. The number of aromatic nitrogens is 1. The molecule has 0 aliphatic carbocycles. The number of nitrogens with one attached hydrogen (secondary N) is 2. The first-order valence-electron chi connectivity index (χ1n) is 8.70. The Kier molecular flexibility index (Phi) is 5.39. The van der Waals surface area contributed by atoms with Gasteiger partial charge in [-0.25, -0.2) is 9.98 Å². The van der Waals surface area contributed by atoms with Crippen molar-refractivity contribution in [1.82, 2.24) is 15.2 Å². The Morgan fingerprint density at radius 2 is 2.07 bits per heavy atom. The molecule has 1 unspecified atom stereocenters. The van der Waals surface area contributed by atoms with Crippen molar-refractivity contribution in [3.8, 4) is 18.0 Å². The lowest BCUT2D eigenvalue weighted by Crippen LogP contribution is -2.32. The molecule has 3 rings (SSSR count). The van der Waals surface area contributed by atoms with Crippen LogP contribution in [0.1, 0.15) is 28.3 Å². The number of nitrogen functional groups attached to an aromatic ring is 2. The van der Waals surface area contributed by atoms with Crippen LogP contribution in [-0.4, -0.2) is 37.0 Å². The van der Waals surface area contributed by atoms with Crippen molar-refractivity contribution in [3.05, 3.63) is 40.5 Å². The van der Waals surface area contributed by atoms with E-state index in [1.54, 1.807) is 7.11 Å². The minimum absolute atomic E-state index is 0.0104. The van der Waals surface area contributed by atoms with E-state index in [2.05, 4.69) is 20.6 Å². The van der Waals surface area contributed by atoms with Gasteiger partial charge in [0.25, 0.3) is 0 Å². The van der Waals surface area contributed by atoms with Crippen LogP contribution in [0.3, 0.4) is 0 Å². The maximum absolute atomic E-state index is 9.42. The van der Waals surface area contributed by atoms with Crippen LogP contribution in [0, 0.1) is 22.8 Å². The van der Waals surface area contributed by atoms with Crippen LogP contribution in [0.25, 0.3) is 0 Å². The smallest absolute Gasteiger partial charge is 0.211 e. The number of guanidine groups is 1. The Morgan fingerprint density at radius 1 is 1.31 bits per heavy atom. The molecule has 0 radical (unpaired) electrons. The van der Waals surface area contributed by atoms with Gasteiger partial charge < -0.3 is 26.4 Å². The third-order valence-corrected chi connectivity index (χ3v) is 4.46. The van der Waals surface area contributed by atoms with Crippen molar-refractivity contribution >= 4 is 23.3 Å². The second-order valence-corrected chi connectivity index (χ2v) is 6.71. The fourth-order valence-corrected chi connectivity index (χ4v) is 3.25. The zero-order valence-electron chi connectivity index (χ0n) is 16.3. The zero-order valence-corrected chi connectivity index (χ0v) is 16.3. The van der Waals surface area contributed by atoms with E-state index in [1.165, 1.54) is 0 Å². The van der Waals surface area contributed by atoms with Crippen molar-refractivity contribution in [2.45, 2.75) is 12.6 Å². The van der Waals surface area contributed by atoms with E-state index in [0.717, 1.165) is 16.9 Å². The highest BCUT2D eigenvalue weighted by Crippen LogP contribution is 2.41. The SMILES string of the molecule is COc1ccc(C2N=C(NC#N)Nc3nc(N)c(C#N)c(N)c32)cc1CN(C)C. The van der Waals surface area contributed by atoms with E-state index >= 15 is 0 Å². The highest BCUT2D eigenvalue weighted by molar-refractivity contribution is 5.98. The van der Waals surface area contributed by atoms with Crippen LogP contribution in [0.4, 0.5) is 17.3 Å². The van der Waals surface area contributed by atoms with Crippen molar-refractivity contribution in [2.24, 2.45) is 4.99 Å². The Labute approximate surface area is 168 Å². The number of nitriles is 2. The van der Waals surface area contributed by atoms with E-state index in [0.29, 0.717) is 17.9 Å². The lowest BCUT2D eigenvalue weighted by atomic mass is 9.93. The van der Waals surface area contributed by atoms with Crippen molar-refractivity contribution in [2.75, 3.05) is 38.0 Å². The number of hydrogen-bond acceptors (Lipinski definition) is 10. The monoisotopic (exact) mass is 391 g/mol. The summed E-state index contributed by atoms with van der Waals surface area (Å²) < 4.78 is 5.47. The molecule has 0 saturated heterocycles. The summed E-state index contributed by atoms with van der Waals surface area (Å²) in [7, 11) is 5.54. The minimum Gasteiger partial charge on any atom is -0.496 e. The Bertz CT molecular complexity index is 1060. The fraction of sp³-hybridized carbons (Fsp3) is 0.263. The van der Waals surface area contributed by atoms with E-state index in [9.17, 15) is 5.26 Å². The fourth-order valence-electron chi connectivity index (χ4n) is 3.25. The third kappa shape index (κ3) is 3.70. The predicted octanol–water partition coefficient (Wildman–Crippen LogP) is 1.13. The summed E-state index contributed by atoms with van der Waals surface area (Å²) in [6.45, 7) is 0.654. The molecule has 29 heavy (non-hydrogen) atoms. The average Bonchev–Trinajstić information content (AvgIpc) is 2.67. The summed E-state index contributed by atoms with van der Waals surface area (Å²) >= 11 is 0. The van der Waals surface area contributed by atoms with E-state index in [1.807, 2.05) is 49.5 Å². The Hall–Kier alpha value is -4.02. The molecule has 2 heterocycles. The number of pyridine rings is 1. The van der Waals surface area contributed by atoms with Gasteiger partial charge >= 0.3 is 0 Å². The van der Waals surface area contributed by atoms with Crippen LogP contribution >= 0.6 is 0 Å². The molecule has 1 aromatic heterocycles. The Morgan fingerprint density at radius 3 is 2.69 bits per heavy atom. The average molecular weight is 391 g/mol. The largest absolute Gasteiger partial charge is 0.496 e. The van der Waals surface area contributed by atoms with Gasteiger partial charge in [-0.2, -0.15) is 10.5 Å². The lowest BCUT2D eigenvalue weighted by molar-refractivity contribution is 0.371. The van der Waals surface area contributed by atoms with Gasteiger partial charge in [-0.3, -0.25) is 5.32 Å². The quantitative estimate of drug-likeness (QED) is 0.442. The number of benzene rings is 1. The highest BCUT2D eigenvalue weighted by atomic mass is 16.5. The first-order chi connectivity index (χ1) is 13.9. The van der Waals surface area contributed by atoms with Crippen LogP contribution in [-0.2, 0) is 6.54 Å². The summed E-state index contributed by atoms with van der Waals surface area (Å²) in [5.41, 5.74) is 14.7. The summed E-state index contributed by atoms with van der Waals surface area (Å²) in [5.74, 6) is 1.32. The maximum Gasteiger partial charge on any atom is 0.211 e. The molecule has 0 spiro atoms. The topological polar surface area (TPSA) is 161 Å². The first kappa shape index (κ1) is 19.7. The van der Waals surface area contributed by atoms with Gasteiger partial charge in [-0.15, -0.1) is 0 Å². The molecule has 10 heteroatoms. The molecule has 1 aliphatic rings. The van der Waals surface area contributed by atoms with Gasteiger partial charge in [0.2, 0.25) is 5.96 Å². The van der Waals surface area contributed by atoms with Crippen molar-refractivity contribution in [3.63, 3.8) is 0 Å². The molecule has 1 atom stereocenters. The zero-order chi connectivity index (χ0) is 21.1. The number of ether oxygens (including phenoxy) is 1. The summed E-state index contributed by atoms with van der Waals surface area (Å²) in [4.78, 5) is 10.9. The van der Waals surface area contributed by atoms with Gasteiger partial charge in [0.15, 0.2) is 6.19 Å². The Balaban J connectivity index is 2.21. The van der Waals surface area contributed by atoms with Crippen LogP contribution in [0.15, 0.2) is 23.2 Å². The van der Waals surface area contributed by atoms with Gasteiger partial charge in [-0.1, -0.05) is 6.07 Å². The molecule has 1 aromatic carbocycles. The second-order valence-electron chi connectivity index (χ2n) is 6.71. The first-order valence-corrected chi connectivity index (χ1v) is 8.70. The molecule has 0 amide bonds. The normalized spacial score (nSPS) is 14.8. The number of rotatable bonds is 4. The standard InChI is InChI=1S/C19H21N9O/c1-28(2)8-11-6-10(4-5-13(11)29-3)16-14-15(22)12(7-20)17(23)26-18(14)27-19(25-16)24-9-21/h4-6,16H,8H2,1-3H3,(H6,22,23,24,25,26,27). The molecule has 148 valence electrons. The second kappa shape index (κ2) is 7.92. The summed E-state index contributed by atoms with van der Waals surface area (Å²) in [5, 5.41) is 23.8. The molecule has 0 saturated carbocycles. The summed E-state index contributed by atoms with van der Waals surface area (Å²) in [6, 6.07) is 7.10. The van der Waals surface area contributed by atoms with Gasteiger partial charge in [0, 0.05) is 17.7 Å². The molecule has 2 aromatic rings. The molecule has 6 N–H and O–H groups in total. The summed E-state index contributed by atoms with van der Waals surface area (Å²) in [6.07, 6.45) is 1.84. The van der Waals surface area contributed by atoms with Crippen molar-refractivity contribution < 1.29 is 4.74 Å². The molecule has 0 bridgehead atoms. The van der Waals surface area contributed by atoms with Crippen LogP contribution in [0.5, 0.6) is 5.75 Å². The van der Waals surface area contributed by atoms with Crippen LogP contribution in [0.2, 0.25) is 0 Å². The number of fused-ring (bicyclic) bond motifs is 1. The molecule has 10 nitrogen and oxygen atoms in total. The number of nitrogens with two attached hydrogens (primary N) is 2. The van der Waals surface area contributed by atoms with Crippen LogP contribution < -0.4 is 26.8 Å².